The van der Waals surface area contributed by atoms with E-state index < -0.39 is 16.0 Å². The van der Waals surface area contributed by atoms with Crippen molar-refractivity contribution in [2.75, 3.05) is 24.3 Å². The molecule has 0 aliphatic rings. The van der Waals surface area contributed by atoms with Crippen molar-refractivity contribution in [1.82, 2.24) is 0 Å². The lowest BCUT2D eigenvalue weighted by atomic mass is 10.2. The van der Waals surface area contributed by atoms with Gasteiger partial charge in [0, 0.05) is 16.9 Å². The lowest BCUT2D eigenvalue weighted by Crippen LogP contribution is -2.15. The number of hydrogen-bond acceptors (Lipinski definition) is 6. The van der Waals surface area contributed by atoms with E-state index in [2.05, 4.69) is 10.0 Å². The lowest BCUT2D eigenvalue weighted by Gasteiger charge is -2.13. The molecule has 0 atom stereocenters. The molecule has 0 unspecified atom stereocenters. The second-order valence-electron chi connectivity index (χ2n) is 6.54. The topological polar surface area (TPSA) is 131 Å². The summed E-state index contributed by atoms with van der Waals surface area (Å²) in [5.74, 6) is -0.986. The Morgan fingerprint density at radius 2 is 1.41 bits per heavy atom. The highest BCUT2D eigenvalue weighted by atomic mass is 32.2. The second-order valence-corrected chi connectivity index (χ2v) is 8.19. The zero-order chi connectivity index (χ0) is 23.3. The van der Waals surface area contributed by atoms with Crippen molar-refractivity contribution in [1.29, 1.82) is 0 Å². The molecule has 0 bridgehead atoms. The number of aromatic carboxylic acids is 1. The zero-order valence-electron chi connectivity index (χ0n) is 17.2. The Balaban J connectivity index is 1.76. The van der Waals surface area contributed by atoms with Crippen molar-refractivity contribution in [3.63, 3.8) is 0 Å². The van der Waals surface area contributed by atoms with E-state index in [0.29, 0.717) is 17.0 Å². The summed E-state index contributed by atoms with van der Waals surface area (Å²) in [6, 6.07) is 16.1. The molecule has 0 radical (unpaired) electrons. The van der Waals surface area contributed by atoms with Crippen LogP contribution in [-0.2, 0) is 10.0 Å². The average Bonchev–Trinajstić information content (AvgIpc) is 2.79. The molecule has 0 aliphatic heterocycles. The molecule has 10 heteroatoms. The molecule has 0 heterocycles. The van der Waals surface area contributed by atoms with Gasteiger partial charge in [-0.3, -0.25) is 9.52 Å². The van der Waals surface area contributed by atoms with Gasteiger partial charge in [-0.05, 0) is 66.7 Å². The number of methoxy groups -OCH3 is 2. The third-order valence-corrected chi connectivity index (χ3v) is 5.85. The number of nitrogens with one attached hydrogen (secondary N) is 2. The first-order chi connectivity index (χ1) is 15.2. The molecular formula is C22H20N2O7S. The van der Waals surface area contributed by atoms with Gasteiger partial charge in [-0.2, -0.15) is 0 Å². The van der Waals surface area contributed by atoms with Crippen LogP contribution in [0.1, 0.15) is 20.7 Å². The van der Waals surface area contributed by atoms with Gasteiger partial charge in [-0.25, -0.2) is 13.2 Å². The van der Waals surface area contributed by atoms with Gasteiger partial charge < -0.3 is 19.9 Å². The summed E-state index contributed by atoms with van der Waals surface area (Å²) in [4.78, 5) is 23.3. The third-order valence-electron chi connectivity index (χ3n) is 4.45. The maximum Gasteiger partial charge on any atom is 0.335 e. The van der Waals surface area contributed by atoms with Crippen LogP contribution in [0.3, 0.4) is 0 Å². The smallest absolute Gasteiger partial charge is 0.335 e. The summed E-state index contributed by atoms with van der Waals surface area (Å²) in [5, 5.41) is 11.9. The standard InChI is InChI=1S/C22H20N2O7S/c1-30-18-10-8-16(9-11-18)23-21(25)14-3-6-17(7-4-14)24-32(28,29)20-13-15(22(26)27)5-12-19(20)31-2/h3-13,24H,1-2H3,(H,23,25)(H,26,27). The fourth-order valence-electron chi connectivity index (χ4n) is 2.80. The Bertz CT molecular complexity index is 1240. The van der Waals surface area contributed by atoms with Gasteiger partial charge in [-0.15, -0.1) is 0 Å². The van der Waals surface area contributed by atoms with E-state index in [-0.39, 0.29) is 27.8 Å². The Morgan fingerprint density at radius 3 is 1.97 bits per heavy atom. The molecule has 9 nitrogen and oxygen atoms in total. The maximum absolute atomic E-state index is 12.8. The van der Waals surface area contributed by atoms with Crippen LogP contribution in [0.2, 0.25) is 0 Å². The number of carboxylic acid groups (broad SMARTS) is 1. The molecule has 0 fully saturated rings. The molecular weight excluding hydrogens is 436 g/mol. The predicted octanol–water partition coefficient (Wildman–Crippen LogP) is 3.46. The Morgan fingerprint density at radius 1 is 0.812 bits per heavy atom. The molecule has 1 amide bonds. The Labute approximate surface area is 184 Å². The summed E-state index contributed by atoms with van der Waals surface area (Å²) in [6.07, 6.45) is 0. The van der Waals surface area contributed by atoms with E-state index in [9.17, 15) is 18.0 Å². The molecule has 3 rings (SSSR count). The van der Waals surface area contributed by atoms with E-state index in [0.717, 1.165) is 6.07 Å². The van der Waals surface area contributed by atoms with Crippen molar-refractivity contribution >= 4 is 33.3 Å². The maximum atomic E-state index is 12.8. The van der Waals surface area contributed by atoms with Crippen molar-refractivity contribution in [2.24, 2.45) is 0 Å². The second kappa shape index (κ2) is 9.40. The van der Waals surface area contributed by atoms with E-state index in [1.54, 1.807) is 31.4 Å². The van der Waals surface area contributed by atoms with E-state index in [1.165, 1.54) is 43.5 Å². The summed E-state index contributed by atoms with van der Waals surface area (Å²) in [5.41, 5.74) is 0.880. The molecule has 3 aromatic rings. The number of carbonyl (C=O) groups excluding carboxylic acids is 1. The van der Waals surface area contributed by atoms with Crippen molar-refractivity contribution in [3.05, 3.63) is 77.9 Å². The molecule has 0 saturated carbocycles. The molecule has 0 spiro atoms. The quantitative estimate of drug-likeness (QED) is 0.473. The molecule has 0 aromatic heterocycles. The van der Waals surface area contributed by atoms with E-state index in [1.807, 2.05) is 0 Å². The number of rotatable bonds is 8. The number of carboxylic acids is 1. The zero-order valence-corrected chi connectivity index (χ0v) is 18.0. The highest BCUT2D eigenvalue weighted by molar-refractivity contribution is 7.92. The summed E-state index contributed by atoms with van der Waals surface area (Å²) < 4.78 is 38.1. The first-order valence-corrected chi connectivity index (χ1v) is 10.7. The lowest BCUT2D eigenvalue weighted by molar-refractivity contribution is 0.0696. The van der Waals surface area contributed by atoms with Crippen LogP contribution < -0.4 is 19.5 Å². The van der Waals surface area contributed by atoms with Gasteiger partial charge >= 0.3 is 5.97 Å². The van der Waals surface area contributed by atoms with Crippen LogP contribution >= 0.6 is 0 Å². The summed E-state index contributed by atoms with van der Waals surface area (Å²) in [6.45, 7) is 0. The first-order valence-electron chi connectivity index (χ1n) is 9.23. The fourth-order valence-corrected chi connectivity index (χ4v) is 4.05. The van der Waals surface area contributed by atoms with Gasteiger partial charge in [-0.1, -0.05) is 0 Å². The normalized spacial score (nSPS) is 10.8. The van der Waals surface area contributed by atoms with Crippen molar-refractivity contribution in [2.45, 2.75) is 4.90 Å². The van der Waals surface area contributed by atoms with Gasteiger partial charge in [0.15, 0.2) is 0 Å². The Hall–Kier alpha value is -4.05. The van der Waals surface area contributed by atoms with Crippen LogP contribution in [-0.4, -0.2) is 39.6 Å². The van der Waals surface area contributed by atoms with Crippen molar-refractivity contribution in [3.8, 4) is 11.5 Å². The number of anilines is 2. The number of benzene rings is 3. The van der Waals surface area contributed by atoms with Gasteiger partial charge in [0.1, 0.15) is 16.4 Å². The SMILES string of the molecule is COc1ccc(NC(=O)c2ccc(NS(=O)(=O)c3cc(C(=O)O)ccc3OC)cc2)cc1. The van der Waals surface area contributed by atoms with Crippen LogP contribution in [0.4, 0.5) is 11.4 Å². The molecule has 166 valence electrons. The first kappa shape index (κ1) is 22.6. The third kappa shape index (κ3) is 5.16. The van der Waals surface area contributed by atoms with Gasteiger partial charge in [0.05, 0.1) is 19.8 Å². The molecule has 3 N–H and O–H groups in total. The number of hydrogen-bond donors (Lipinski definition) is 3. The van der Waals surface area contributed by atoms with Crippen LogP contribution in [0, 0.1) is 0 Å². The summed E-state index contributed by atoms with van der Waals surface area (Å²) >= 11 is 0. The highest BCUT2D eigenvalue weighted by Crippen LogP contribution is 2.27. The van der Waals surface area contributed by atoms with Gasteiger partial charge in [0.2, 0.25) is 0 Å². The van der Waals surface area contributed by atoms with Crippen LogP contribution in [0.15, 0.2) is 71.6 Å². The van der Waals surface area contributed by atoms with E-state index >= 15 is 0 Å². The molecule has 0 aliphatic carbocycles. The number of sulfonamides is 1. The minimum absolute atomic E-state index is 0.00186. The van der Waals surface area contributed by atoms with E-state index in [4.69, 9.17) is 14.6 Å². The molecule has 32 heavy (non-hydrogen) atoms. The predicted molar refractivity (Wildman–Crippen MR) is 118 cm³/mol. The minimum atomic E-state index is -4.15. The molecule has 0 saturated heterocycles. The average molecular weight is 456 g/mol. The molecule has 3 aromatic carbocycles. The van der Waals surface area contributed by atoms with Crippen molar-refractivity contribution < 1.29 is 32.6 Å². The van der Waals surface area contributed by atoms with Crippen LogP contribution in [0.5, 0.6) is 11.5 Å². The monoisotopic (exact) mass is 456 g/mol. The largest absolute Gasteiger partial charge is 0.497 e. The van der Waals surface area contributed by atoms with Gasteiger partial charge in [0.25, 0.3) is 15.9 Å². The highest BCUT2D eigenvalue weighted by Gasteiger charge is 2.22. The van der Waals surface area contributed by atoms with Crippen LogP contribution in [0.25, 0.3) is 0 Å². The number of carbonyl (C=O) groups is 2. The number of ether oxygens (including phenoxy) is 2. The number of amides is 1. The summed E-state index contributed by atoms with van der Waals surface area (Å²) in [7, 11) is -1.32. The minimum Gasteiger partial charge on any atom is -0.497 e. The Kier molecular flexibility index (Phi) is 6.64. The fraction of sp³-hybridized carbons (Fsp3) is 0.0909.